The lowest BCUT2D eigenvalue weighted by molar-refractivity contribution is -0.00100. The van der Waals surface area contributed by atoms with Crippen molar-refractivity contribution in [1.82, 2.24) is 0 Å². The lowest BCUT2D eigenvalue weighted by Crippen LogP contribution is -3.00. The molecule has 0 saturated heterocycles. The van der Waals surface area contributed by atoms with Crippen LogP contribution in [0.15, 0.2) is 0 Å². The van der Waals surface area contributed by atoms with Crippen molar-refractivity contribution in [3.05, 3.63) is 0 Å². The van der Waals surface area contributed by atoms with Gasteiger partial charge in [0.25, 0.3) is 0 Å². The van der Waals surface area contributed by atoms with Gasteiger partial charge < -0.3 is 24.8 Å². The van der Waals surface area contributed by atoms with Crippen molar-refractivity contribution in [2.45, 2.75) is 51.6 Å². The average Bonchev–Trinajstić information content (AvgIpc) is 1.14. The van der Waals surface area contributed by atoms with Crippen molar-refractivity contribution in [1.29, 1.82) is 0 Å². The van der Waals surface area contributed by atoms with Gasteiger partial charge in [-0.2, -0.15) is 0 Å². The SMILES string of the molecule is CC(C)(C)[Si]C(C)(C)C.[Cl-].[Cl-]. The van der Waals surface area contributed by atoms with Gasteiger partial charge >= 0.3 is 0 Å². The maximum absolute atomic E-state index is 2.30. The molecule has 0 N–H and O–H groups in total. The lowest BCUT2D eigenvalue weighted by Gasteiger charge is -2.27. The van der Waals surface area contributed by atoms with Crippen LogP contribution in [-0.4, -0.2) is 9.52 Å². The third-order valence-corrected chi connectivity index (χ3v) is 2.25. The maximum Gasteiger partial charge on any atom is 0.0511 e. The normalized spacial score (nSPS) is 11.5. The van der Waals surface area contributed by atoms with Crippen molar-refractivity contribution in [3.8, 4) is 0 Å². The Morgan fingerprint density at radius 1 is 0.636 bits per heavy atom. The summed E-state index contributed by atoms with van der Waals surface area (Å²) in [6, 6.07) is 0. The molecule has 0 aromatic carbocycles. The molecule has 0 amide bonds. The predicted molar refractivity (Wildman–Crippen MR) is 45.2 cm³/mol. The van der Waals surface area contributed by atoms with Crippen LogP contribution in [0.3, 0.4) is 0 Å². The van der Waals surface area contributed by atoms with Gasteiger partial charge in [0.2, 0.25) is 0 Å². The minimum atomic E-state index is 0. The molecule has 0 bridgehead atoms. The second-order valence-corrected chi connectivity index (χ2v) is 7.88. The van der Waals surface area contributed by atoms with E-state index >= 15 is 0 Å². The molecule has 0 aromatic heterocycles. The number of hydrogen-bond donors (Lipinski definition) is 0. The first kappa shape index (κ1) is 17.8. The standard InChI is InChI=1S/C8H18Si.2ClH/c1-7(2,3)9-8(4,5)6;;/h1-6H3;2*1H/p-2. The van der Waals surface area contributed by atoms with E-state index in [0.717, 1.165) is 9.52 Å². The Bertz CT molecular complexity index is 77.2. The summed E-state index contributed by atoms with van der Waals surface area (Å²) < 4.78 is 0. The van der Waals surface area contributed by atoms with Crippen LogP contribution in [-0.2, 0) is 0 Å². The molecule has 3 heteroatoms. The smallest absolute Gasteiger partial charge is 0.0511 e. The van der Waals surface area contributed by atoms with Crippen molar-refractivity contribution in [2.75, 3.05) is 0 Å². The van der Waals surface area contributed by atoms with Gasteiger partial charge in [-0.25, -0.2) is 0 Å². The highest BCUT2D eigenvalue weighted by Gasteiger charge is 2.21. The zero-order valence-electron chi connectivity index (χ0n) is 8.26. The summed E-state index contributed by atoms with van der Waals surface area (Å²) in [4.78, 5) is 0. The van der Waals surface area contributed by atoms with Crippen molar-refractivity contribution >= 4 is 9.52 Å². The molecule has 0 nitrogen and oxygen atoms in total. The summed E-state index contributed by atoms with van der Waals surface area (Å²) >= 11 is 0. The van der Waals surface area contributed by atoms with E-state index in [1.165, 1.54) is 0 Å². The topological polar surface area (TPSA) is 0 Å². The van der Waals surface area contributed by atoms with Crippen LogP contribution in [0.1, 0.15) is 41.5 Å². The van der Waals surface area contributed by atoms with E-state index in [0.29, 0.717) is 10.1 Å². The first-order valence-electron chi connectivity index (χ1n) is 3.50. The van der Waals surface area contributed by atoms with E-state index in [1.54, 1.807) is 0 Å². The van der Waals surface area contributed by atoms with E-state index in [2.05, 4.69) is 41.5 Å². The van der Waals surface area contributed by atoms with Crippen molar-refractivity contribution in [3.63, 3.8) is 0 Å². The molecule has 0 aromatic rings. The quantitative estimate of drug-likeness (QED) is 0.380. The van der Waals surface area contributed by atoms with Gasteiger partial charge in [0.05, 0.1) is 9.52 Å². The van der Waals surface area contributed by atoms with E-state index in [1.807, 2.05) is 0 Å². The molecule has 0 aliphatic rings. The fourth-order valence-electron chi connectivity index (χ4n) is 1.12. The van der Waals surface area contributed by atoms with Crippen LogP contribution in [0, 0.1) is 0 Å². The Balaban J connectivity index is -0.000000320. The maximum atomic E-state index is 2.30. The Kier molecular flexibility index (Phi) is 8.79. The van der Waals surface area contributed by atoms with E-state index in [4.69, 9.17) is 0 Å². The van der Waals surface area contributed by atoms with E-state index < -0.39 is 0 Å². The van der Waals surface area contributed by atoms with E-state index in [9.17, 15) is 0 Å². The van der Waals surface area contributed by atoms with Crippen LogP contribution < -0.4 is 24.8 Å². The summed E-state index contributed by atoms with van der Waals surface area (Å²) in [5, 5.41) is 1.02. The molecule has 0 saturated carbocycles. The second kappa shape index (κ2) is 5.44. The van der Waals surface area contributed by atoms with E-state index in [-0.39, 0.29) is 24.8 Å². The zero-order valence-corrected chi connectivity index (χ0v) is 10.8. The molecule has 0 rings (SSSR count). The molecule has 0 aliphatic heterocycles. The monoisotopic (exact) mass is 212 g/mol. The van der Waals surface area contributed by atoms with Gasteiger partial charge in [0.15, 0.2) is 0 Å². The molecule has 11 heavy (non-hydrogen) atoms. The van der Waals surface area contributed by atoms with Crippen LogP contribution in [0.25, 0.3) is 0 Å². The van der Waals surface area contributed by atoms with Gasteiger partial charge in [-0.05, 0) is 10.1 Å². The minimum Gasteiger partial charge on any atom is -1.00 e. The summed E-state index contributed by atoms with van der Waals surface area (Å²) in [5.41, 5.74) is 0. The molecule has 70 valence electrons. The van der Waals surface area contributed by atoms with Gasteiger partial charge in [0, 0.05) is 0 Å². The van der Waals surface area contributed by atoms with Crippen LogP contribution in [0.5, 0.6) is 0 Å². The molecule has 0 spiro atoms. The first-order chi connectivity index (χ1) is 3.71. The molecule has 0 fully saturated rings. The van der Waals surface area contributed by atoms with Gasteiger partial charge in [-0.3, -0.25) is 0 Å². The number of rotatable bonds is 0. The largest absolute Gasteiger partial charge is 1.00 e. The number of hydrogen-bond acceptors (Lipinski definition) is 0. The molecule has 0 aliphatic carbocycles. The third-order valence-electron chi connectivity index (χ3n) is 0.750. The van der Waals surface area contributed by atoms with Gasteiger partial charge in [-0.15, -0.1) is 0 Å². The summed E-state index contributed by atoms with van der Waals surface area (Å²) in [5.74, 6) is 0. The highest BCUT2D eigenvalue weighted by Crippen LogP contribution is 2.33. The van der Waals surface area contributed by atoms with Gasteiger partial charge in [-0.1, -0.05) is 41.5 Å². The van der Waals surface area contributed by atoms with Crippen LogP contribution >= 0.6 is 0 Å². The fraction of sp³-hybridized carbons (Fsp3) is 1.00. The lowest BCUT2D eigenvalue weighted by atomic mass is 10.2. The van der Waals surface area contributed by atoms with Crippen molar-refractivity contribution in [2.24, 2.45) is 0 Å². The molecule has 0 heterocycles. The van der Waals surface area contributed by atoms with Gasteiger partial charge in [0.1, 0.15) is 0 Å². The highest BCUT2D eigenvalue weighted by molar-refractivity contribution is 6.43. The molecular weight excluding hydrogens is 195 g/mol. The Morgan fingerprint density at radius 3 is 0.818 bits per heavy atom. The predicted octanol–water partition coefficient (Wildman–Crippen LogP) is -2.86. The number of halogens is 2. The Hall–Kier alpha value is 0.797. The average molecular weight is 213 g/mol. The molecular formula is C8H18Cl2Si-2. The highest BCUT2D eigenvalue weighted by atomic mass is 35.5. The van der Waals surface area contributed by atoms with Crippen LogP contribution in [0.4, 0.5) is 0 Å². The molecule has 0 atom stereocenters. The summed E-state index contributed by atoms with van der Waals surface area (Å²) in [7, 11) is 1.05. The second-order valence-electron chi connectivity index (χ2n) is 4.62. The Labute approximate surface area is 86.2 Å². The Morgan fingerprint density at radius 2 is 0.818 bits per heavy atom. The molecule has 0 unspecified atom stereocenters. The molecule has 2 radical (unpaired) electrons. The first-order valence-corrected chi connectivity index (χ1v) is 4.50. The minimum absolute atomic E-state index is 0. The summed E-state index contributed by atoms with van der Waals surface area (Å²) in [6.07, 6.45) is 0. The third kappa shape index (κ3) is 18.1. The van der Waals surface area contributed by atoms with Crippen LogP contribution in [0.2, 0.25) is 10.1 Å². The fourth-order valence-corrected chi connectivity index (χ4v) is 3.38. The van der Waals surface area contributed by atoms with Crippen molar-refractivity contribution < 1.29 is 24.8 Å². The summed E-state index contributed by atoms with van der Waals surface area (Å²) in [6.45, 7) is 13.8. The zero-order chi connectivity index (χ0) is 7.71.